The molecule has 1 rings (SSSR count). The quantitative estimate of drug-likeness (QED) is 0.700. The fourth-order valence-electron chi connectivity index (χ4n) is 2.29. The molecule has 1 aliphatic rings. The van der Waals surface area contributed by atoms with Gasteiger partial charge in [0.1, 0.15) is 0 Å². The van der Waals surface area contributed by atoms with Crippen molar-refractivity contribution in [3.8, 4) is 0 Å². The number of piperidine rings is 1. The molecule has 2 N–H and O–H groups in total. The van der Waals surface area contributed by atoms with Crippen LogP contribution >= 0.6 is 0 Å². The average molecular weight is 185 g/mol. The lowest BCUT2D eigenvalue weighted by Crippen LogP contribution is -2.43. The van der Waals surface area contributed by atoms with E-state index in [1.54, 1.807) is 0 Å². The summed E-state index contributed by atoms with van der Waals surface area (Å²) in [7, 11) is 0. The van der Waals surface area contributed by atoms with E-state index in [4.69, 9.17) is 0 Å². The van der Waals surface area contributed by atoms with Gasteiger partial charge in [-0.15, -0.1) is 0 Å². The number of aliphatic hydroxyl groups excluding tert-OH is 1. The number of aliphatic hydroxyl groups is 1. The second-order valence-electron chi connectivity index (χ2n) is 4.66. The number of rotatable bonds is 4. The molecule has 2 atom stereocenters. The smallest absolute Gasteiger partial charge is 0.0499 e. The highest BCUT2D eigenvalue weighted by molar-refractivity contribution is 4.86. The Bertz CT molecular complexity index is 141. The minimum absolute atomic E-state index is 0.188. The van der Waals surface area contributed by atoms with Crippen molar-refractivity contribution in [3.63, 3.8) is 0 Å². The van der Waals surface area contributed by atoms with Gasteiger partial charge in [0.2, 0.25) is 0 Å². The molecule has 0 spiro atoms. The Labute approximate surface area is 81.7 Å². The van der Waals surface area contributed by atoms with Crippen LogP contribution in [0.5, 0.6) is 0 Å². The molecule has 2 nitrogen and oxygen atoms in total. The third-order valence-electron chi connectivity index (χ3n) is 3.37. The second-order valence-corrected chi connectivity index (χ2v) is 4.66. The first kappa shape index (κ1) is 11.0. The van der Waals surface area contributed by atoms with Crippen LogP contribution in [-0.2, 0) is 0 Å². The van der Waals surface area contributed by atoms with E-state index in [1.807, 2.05) is 0 Å². The molecule has 1 fully saturated rings. The molecule has 0 bridgehead atoms. The first-order valence-corrected chi connectivity index (χ1v) is 5.54. The van der Waals surface area contributed by atoms with Gasteiger partial charge in [-0.3, -0.25) is 0 Å². The lowest BCUT2D eigenvalue weighted by molar-refractivity contribution is 0.0703. The molecule has 0 aromatic carbocycles. The Morgan fingerprint density at radius 1 is 1.54 bits per heavy atom. The molecule has 78 valence electrons. The zero-order valence-corrected chi connectivity index (χ0v) is 8.97. The number of hydrogen-bond donors (Lipinski definition) is 2. The van der Waals surface area contributed by atoms with Crippen molar-refractivity contribution < 1.29 is 5.11 Å². The van der Waals surface area contributed by atoms with Gasteiger partial charge in [0.05, 0.1) is 0 Å². The van der Waals surface area contributed by atoms with Gasteiger partial charge in [-0.05, 0) is 31.7 Å². The molecule has 2 heteroatoms. The van der Waals surface area contributed by atoms with Crippen LogP contribution < -0.4 is 5.32 Å². The molecule has 0 saturated carbocycles. The van der Waals surface area contributed by atoms with E-state index in [2.05, 4.69) is 19.2 Å². The highest BCUT2D eigenvalue weighted by atomic mass is 16.3. The SMILES string of the molecule is CCC(C)CC1(CO)CCCNC1. The molecule has 0 amide bonds. The van der Waals surface area contributed by atoms with E-state index in [9.17, 15) is 5.11 Å². The van der Waals surface area contributed by atoms with Gasteiger partial charge in [-0.25, -0.2) is 0 Å². The normalized spacial score (nSPS) is 31.6. The summed E-state index contributed by atoms with van der Waals surface area (Å²) in [6, 6.07) is 0. The van der Waals surface area contributed by atoms with Crippen LogP contribution in [0.25, 0.3) is 0 Å². The molecular formula is C11H23NO. The van der Waals surface area contributed by atoms with E-state index >= 15 is 0 Å². The monoisotopic (exact) mass is 185 g/mol. The summed E-state index contributed by atoms with van der Waals surface area (Å²) in [5, 5.41) is 12.8. The van der Waals surface area contributed by atoms with Gasteiger partial charge in [0.15, 0.2) is 0 Å². The molecule has 1 aliphatic heterocycles. The fraction of sp³-hybridized carbons (Fsp3) is 1.00. The minimum atomic E-state index is 0.188. The summed E-state index contributed by atoms with van der Waals surface area (Å²) >= 11 is 0. The number of hydrogen-bond acceptors (Lipinski definition) is 2. The Kier molecular flexibility index (Phi) is 4.20. The molecule has 1 saturated heterocycles. The van der Waals surface area contributed by atoms with Crippen LogP contribution in [0, 0.1) is 11.3 Å². The highest BCUT2D eigenvalue weighted by Gasteiger charge is 2.32. The molecule has 0 aliphatic carbocycles. The van der Waals surface area contributed by atoms with Crippen molar-refractivity contribution in [2.24, 2.45) is 11.3 Å². The molecular weight excluding hydrogens is 162 g/mol. The predicted octanol–water partition coefficient (Wildman–Crippen LogP) is 1.78. The zero-order chi connectivity index (χ0) is 9.73. The maximum Gasteiger partial charge on any atom is 0.0499 e. The second kappa shape index (κ2) is 4.97. The van der Waals surface area contributed by atoms with Crippen LogP contribution in [0.3, 0.4) is 0 Å². The summed E-state index contributed by atoms with van der Waals surface area (Å²) in [4.78, 5) is 0. The first-order chi connectivity index (χ1) is 6.22. The van der Waals surface area contributed by atoms with Crippen LogP contribution in [0.15, 0.2) is 0 Å². The Balaban J connectivity index is 2.47. The molecule has 0 aromatic heterocycles. The van der Waals surface area contributed by atoms with Gasteiger partial charge >= 0.3 is 0 Å². The Morgan fingerprint density at radius 3 is 2.77 bits per heavy atom. The maximum absolute atomic E-state index is 9.45. The summed E-state index contributed by atoms with van der Waals surface area (Å²) in [5.41, 5.74) is 0.188. The lowest BCUT2D eigenvalue weighted by Gasteiger charge is -2.38. The van der Waals surface area contributed by atoms with E-state index in [-0.39, 0.29) is 5.41 Å². The topological polar surface area (TPSA) is 32.3 Å². The van der Waals surface area contributed by atoms with Gasteiger partial charge < -0.3 is 10.4 Å². The summed E-state index contributed by atoms with van der Waals surface area (Å²) in [5.74, 6) is 0.743. The average Bonchev–Trinajstić information content (AvgIpc) is 2.19. The third-order valence-corrected chi connectivity index (χ3v) is 3.37. The van der Waals surface area contributed by atoms with Crippen molar-refractivity contribution in [2.45, 2.75) is 39.5 Å². The van der Waals surface area contributed by atoms with Crippen LogP contribution in [-0.4, -0.2) is 24.8 Å². The van der Waals surface area contributed by atoms with Crippen molar-refractivity contribution in [1.82, 2.24) is 5.32 Å². The highest BCUT2D eigenvalue weighted by Crippen LogP contribution is 2.33. The number of nitrogens with one attached hydrogen (secondary N) is 1. The van der Waals surface area contributed by atoms with Crippen molar-refractivity contribution >= 4 is 0 Å². The third kappa shape index (κ3) is 2.96. The first-order valence-electron chi connectivity index (χ1n) is 5.54. The van der Waals surface area contributed by atoms with Gasteiger partial charge in [-0.2, -0.15) is 0 Å². The largest absolute Gasteiger partial charge is 0.396 e. The van der Waals surface area contributed by atoms with Crippen molar-refractivity contribution in [2.75, 3.05) is 19.7 Å². The van der Waals surface area contributed by atoms with Crippen LogP contribution in [0.4, 0.5) is 0 Å². The van der Waals surface area contributed by atoms with E-state index in [1.165, 1.54) is 25.7 Å². The van der Waals surface area contributed by atoms with E-state index < -0.39 is 0 Å². The Hall–Kier alpha value is -0.0800. The standard InChI is InChI=1S/C11H23NO/c1-3-10(2)7-11(9-13)5-4-6-12-8-11/h10,12-13H,3-9H2,1-2H3. The van der Waals surface area contributed by atoms with Crippen molar-refractivity contribution in [3.05, 3.63) is 0 Å². The van der Waals surface area contributed by atoms with Gasteiger partial charge in [-0.1, -0.05) is 20.3 Å². The lowest BCUT2D eigenvalue weighted by atomic mass is 9.74. The summed E-state index contributed by atoms with van der Waals surface area (Å²) in [6.07, 6.45) is 4.81. The van der Waals surface area contributed by atoms with E-state index in [0.29, 0.717) is 6.61 Å². The van der Waals surface area contributed by atoms with Crippen LogP contribution in [0.2, 0.25) is 0 Å². The maximum atomic E-state index is 9.45. The van der Waals surface area contributed by atoms with E-state index in [0.717, 1.165) is 19.0 Å². The fourth-order valence-corrected chi connectivity index (χ4v) is 2.29. The Morgan fingerprint density at radius 2 is 2.31 bits per heavy atom. The van der Waals surface area contributed by atoms with Gasteiger partial charge in [0, 0.05) is 18.6 Å². The summed E-state index contributed by atoms with van der Waals surface area (Å²) < 4.78 is 0. The van der Waals surface area contributed by atoms with Crippen LogP contribution in [0.1, 0.15) is 39.5 Å². The summed E-state index contributed by atoms with van der Waals surface area (Å²) in [6.45, 7) is 7.00. The predicted molar refractivity (Wildman–Crippen MR) is 55.7 cm³/mol. The zero-order valence-electron chi connectivity index (χ0n) is 8.97. The molecule has 1 heterocycles. The minimum Gasteiger partial charge on any atom is -0.396 e. The van der Waals surface area contributed by atoms with Gasteiger partial charge in [0.25, 0.3) is 0 Å². The molecule has 2 unspecified atom stereocenters. The molecule has 0 radical (unpaired) electrons. The molecule has 13 heavy (non-hydrogen) atoms. The molecule has 0 aromatic rings. The van der Waals surface area contributed by atoms with Crippen molar-refractivity contribution in [1.29, 1.82) is 0 Å².